The maximum absolute atomic E-state index is 11.0. The Kier molecular flexibility index (Phi) is 3.29. The Labute approximate surface area is 91.5 Å². The SMILES string of the molecule is C[C@@H]1CN(C2CCCCC2)C[C@H]1C(=O)O. The number of likely N-dealkylation sites (tertiary alicyclic amines) is 1. The minimum Gasteiger partial charge on any atom is -0.481 e. The summed E-state index contributed by atoms with van der Waals surface area (Å²) >= 11 is 0. The van der Waals surface area contributed by atoms with Gasteiger partial charge >= 0.3 is 5.97 Å². The summed E-state index contributed by atoms with van der Waals surface area (Å²) in [6.07, 6.45) is 6.57. The molecule has 2 atom stereocenters. The highest BCUT2D eigenvalue weighted by Crippen LogP contribution is 2.30. The molecule has 2 fully saturated rings. The van der Waals surface area contributed by atoms with Gasteiger partial charge in [0.1, 0.15) is 0 Å². The molecule has 2 aliphatic rings. The van der Waals surface area contributed by atoms with Crippen LogP contribution in [0, 0.1) is 11.8 Å². The van der Waals surface area contributed by atoms with Gasteiger partial charge < -0.3 is 5.11 Å². The van der Waals surface area contributed by atoms with E-state index in [-0.39, 0.29) is 5.92 Å². The van der Waals surface area contributed by atoms with E-state index in [9.17, 15) is 4.79 Å². The molecule has 1 aliphatic heterocycles. The lowest BCUT2D eigenvalue weighted by atomic mass is 9.94. The number of carbonyl (C=O) groups is 1. The van der Waals surface area contributed by atoms with Crippen molar-refractivity contribution in [2.24, 2.45) is 11.8 Å². The highest BCUT2D eigenvalue weighted by atomic mass is 16.4. The van der Waals surface area contributed by atoms with Gasteiger partial charge in [0.2, 0.25) is 0 Å². The van der Waals surface area contributed by atoms with Crippen molar-refractivity contribution in [2.45, 2.75) is 45.1 Å². The Morgan fingerprint density at radius 1 is 1.20 bits per heavy atom. The first-order valence-corrected chi connectivity index (χ1v) is 6.15. The molecular weight excluding hydrogens is 190 g/mol. The van der Waals surface area contributed by atoms with E-state index in [0.29, 0.717) is 12.0 Å². The Balaban J connectivity index is 1.92. The van der Waals surface area contributed by atoms with Gasteiger partial charge in [-0.15, -0.1) is 0 Å². The van der Waals surface area contributed by atoms with Crippen molar-refractivity contribution in [3.05, 3.63) is 0 Å². The first kappa shape index (κ1) is 10.9. The Hall–Kier alpha value is -0.570. The van der Waals surface area contributed by atoms with Crippen molar-refractivity contribution in [2.75, 3.05) is 13.1 Å². The maximum atomic E-state index is 11.0. The molecule has 0 bridgehead atoms. The zero-order chi connectivity index (χ0) is 10.8. The topological polar surface area (TPSA) is 40.5 Å². The van der Waals surface area contributed by atoms with E-state index < -0.39 is 5.97 Å². The third-order valence-electron chi connectivity index (χ3n) is 4.05. The van der Waals surface area contributed by atoms with Crippen LogP contribution in [0.15, 0.2) is 0 Å². The van der Waals surface area contributed by atoms with Gasteiger partial charge in [0, 0.05) is 19.1 Å². The number of carboxylic acids is 1. The second-order valence-electron chi connectivity index (χ2n) is 5.17. The first-order valence-electron chi connectivity index (χ1n) is 6.15. The fourth-order valence-corrected chi connectivity index (χ4v) is 3.07. The van der Waals surface area contributed by atoms with E-state index >= 15 is 0 Å². The Morgan fingerprint density at radius 3 is 2.40 bits per heavy atom. The molecule has 3 heteroatoms. The minimum absolute atomic E-state index is 0.132. The molecule has 0 aromatic rings. The van der Waals surface area contributed by atoms with Gasteiger partial charge in [0.15, 0.2) is 0 Å². The summed E-state index contributed by atoms with van der Waals surface area (Å²) in [7, 11) is 0. The normalized spacial score (nSPS) is 34.5. The zero-order valence-electron chi connectivity index (χ0n) is 9.48. The average molecular weight is 211 g/mol. The van der Waals surface area contributed by atoms with E-state index in [2.05, 4.69) is 11.8 Å². The van der Waals surface area contributed by atoms with E-state index in [1.165, 1.54) is 32.1 Å². The molecule has 1 aliphatic carbocycles. The molecule has 1 saturated heterocycles. The third-order valence-corrected chi connectivity index (χ3v) is 4.05. The largest absolute Gasteiger partial charge is 0.481 e. The minimum atomic E-state index is -0.610. The number of hydrogen-bond donors (Lipinski definition) is 1. The van der Waals surface area contributed by atoms with Gasteiger partial charge in [0.05, 0.1) is 5.92 Å². The average Bonchev–Trinajstić information content (AvgIpc) is 2.62. The van der Waals surface area contributed by atoms with E-state index in [0.717, 1.165) is 13.1 Å². The van der Waals surface area contributed by atoms with Crippen molar-refractivity contribution in [3.8, 4) is 0 Å². The van der Waals surface area contributed by atoms with Gasteiger partial charge in [-0.1, -0.05) is 26.2 Å². The molecule has 15 heavy (non-hydrogen) atoms. The second kappa shape index (κ2) is 4.52. The van der Waals surface area contributed by atoms with Crippen molar-refractivity contribution < 1.29 is 9.90 Å². The fourth-order valence-electron chi connectivity index (χ4n) is 3.07. The highest BCUT2D eigenvalue weighted by molar-refractivity contribution is 5.71. The molecule has 0 unspecified atom stereocenters. The molecule has 0 aromatic carbocycles. The standard InChI is InChI=1S/C12H21NO2/c1-9-7-13(8-11(9)12(14)15)10-5-3-2-4-6-10/h9-11H,2-8H2,1H3,(H,14,15)/t9-,11-/m1/s1. The molecule has 0 radical (unpaired) electrons. The number of rotatable bonds is 2. The van der Waals surface area contributed by atoms with Crippen LogP contribution in [0.25, 0.3) is 0 Å². The fraction of sp³-hybridized carbons (Fsp3) is 0.917. The maximum Gasteiger partial charge on any atom is 0.308 e. The quantitative estimate of drug-likeness (QED) is 0.759. The van der Waals surface area contributed by atoms with Gasteiger partial charge in [-0.2, -0.15) is 0 Å². The van der Waals surface area contributed by atoms with Crippen LogP contribution in [0.3, 0.4) is 0 Å². The van der Waals surface area contributed by atoms with Crippen LogP contribution in [-0.4, -0.2) is 35.1 Å². The summed E-state index contributed by atoms with van der Waals surface area (Å²) in [5.41, 5.74) is 0. The lowest BCUT2D eigenvalue weighted by Crippen LogP contribution is -2.35. The van der Waals surface area contributed by atoms with Crippen molar-refractivity contribution in [1.82, 2.24) is 4.90 Å². The second-order valence-corrected chi connectivity index (χ2v) is 5.17. The first-order chi connectivity index (χ1) is 7.18. The summed E-state index contributed by atoms with van der Waals surface area (Å²) in [4.78, 5) is 13.4. The monoisotopic (exact) mass is 211 g/mol. The van der Waals surface area contributed by atoms with Crippen LogP contribution in [0.5, 0.6) is 0 Å². The molecule has 3 nitrogen and oxygen atoms in total. The molecular formula is C12H21NO2. The van der Waals surface area contributed by atoms with Crippen LogP contribution < -0.4 is 0 Å². The molecule has 1 heterocycles. The highest BCUT2D eigenvalue weighted by Gasteiger charge is 2.37. The molecule has 1 saturated carbocycles. The lowest BCUT2D eigenvalue weighted by Gasteiger charge is -2.30. The molecule has 86 valence electrons. The zero-order valence-corrected chi connectivity index (χ0v) is 9.48. The van der Waals surface area contributed by atoms with Gasteiger partial charge in [-0.3, -0.25) is 9.69 Å². The van der Waals surface area contributed by atoms with Crippen molar-refractivity contribution in [3.63, 3.8) is 0 Å². The molecule has 0 aromatic heterocycles. The van der Waals surface area contributed by atoms with E-state index in [1.807, 2.05) is 0 Å². The summed E-state index contributed by atoms with van der Waals surface area (Å²) in [5.74, 6) is -0.419. The smallest absolute Gasteiger partial charge is 0.308 e. The predicted octanol–water partition coefficient (Wildman–Crippen LogP) is 1.97. The Bertz CT molecular complexity index is 236. The summed E-state index contributed by atoms with van der Waals surface area (Å²) in [6.45, 7) is 3.84. The summed E-state index contributed by atoms with van der Waals surface area (Å²) < 4.78 is 0. The number of hydrogen-bond acceptors (Lipinski definition) is 2. The van der Waals surface area contributed by atoms with E-state index in [1.54, 1.807) is 0 Å². The summed E-state index contributed by atoms with van der Waals surface area (Å²) in [5, 5.41) is 9.07. The molecule has 2 rings (SSSR count). The third kappa shape index (κ3) is 2.33. The number of nitrogens with zero attached hydrogens (tertiary/aromatic N) is 1. The molecule has 1 N–H and O–H groups in total. The van der Waals surface area contributed by atoms with E-state index in [4.69, 9.17) is 5.11 Å². The van der Waals surface area contributed by atoms with Crippen molar-refractivity contribution in [1.29, 1.82) is 0 Å². The van der Waals surface area contributed by atoms with Gasteiger partial charge in [-0.25, -0.2) is 0 Å². The van der Waals surface area contributed by atoms with Crippen LogP contribution in [0.2, 0.25) is 0 Å². The summed E-state index contributed by atoms with van der Waals surface area (Å²) in [6, 6.07) is 0.672. The van der Waals surface area contributed by atoms with Crippen molar-refractivity contribution >= 4 is 5.97 Å². The van der Waals surface area contributed by atoms with Gasteiger partial charge in [-0.05, 0) is 18.8 Å². The number of carboxylic acid groups (broad SMARTS) is 1. The van der Waals surface area contributed by atoms with Crippen LogP contribution in [0.1, 0.15) is 39.0 Å². The lowest BCUT2D eigenvalue weighted by molar-refractivity contribution is -0.142. The number of aliphatic carboxylic acids is 1. The molecule has 0 spiro atoms. The van der Waals surface area contributed by atoms with Gasteiger partial charge in [0.25, 0.3) is 0 Å². The molecule has 0 amide bonds. The van der Waals surface area contributed by atoms with Crippen LogP contribution in [-0.2, 0) is 4.79 Å². The predicted molar refractivity (Wildman–Crippen MR) is 58.7 cm³/mol. The van der Waals surface area contributed by atoms with Crippen LogP contribution >= 0.6 is 0 Å². The Morgan fingerprint density at radius 2 is 1.87 bits per heavy atom. The van der Waals surface area contributed by atoms with Crippen LogP contribution in [0.4, 0.5) is 0 Å².